The Morgan fingerprint density at radius 2 is 1.83 bits per heavy atom. The highest BCUT2D eigenvalue weighted by atomic mass is 35.5. The first-order valence-corrected chi connectivity index (χ1v) is 11.4. The van der Waals surface area contributed by atoms with Gasteiger partial charge >= 0.3 is 5.97 Å². The van der Waals surface area contributed by atoms with Crippen molar-refractivity contribution in [3.8, 4) is 0 Å². The number of carbonyl (C=O) groups is 2. The number of amides is 1. The van der Waals surface area contributed by atoms with E-state index in [-0.39, 0.29) is 21.3 Å². The van der Waals surface area contributed by atoms with Crippen molar-refractivity contribution in [3.05, 3.63) is 53.3 Å². The molecule has 1 aromatic carbocycles. The maximum Gasteiger partial charge on any atom is 0.357 e. The standard InChI is InChI=1S/C20H22ClN3O5S/c21-16-9-8-15(30(27,28)24-11-5-1-2-6-12-24)13-18(16)23-19(25)14-29-20(26)17-7-3-4-10-22-17/h3-4,7-10,13H,1-2,5-6,11-12,14H2,(H,23,25). The summed E-state index contributed by atoms with van der Waals surface area (Å²) in [7, 11) is -3.69. The van der Waals surface area contributed by atoms with Crippen LogP contribution in [0.4, 0.5) is 5.69 Å². The zero-order valence-electron chi connectivity index (χ0n) is 16.2. The predicted octanol–water partition coefficient (Wildman–Crippen LogP) is 3.10. The van der Waals surface area contributed by atoms with Crippen LogP contribution in [0.5, 0.6) is 0 Å². The van der Waals surface area contributed by atoms with Crippen LogP contribution in [0.1, 0.15) is 36.2 Å². The Morgan fingerprint density at radius 1 is 1.10 bits per heavy atom. The highest BCUT2D eigenvalue weighted by molar-refractivity contribution is 7.89. The number of hydrogen-bond acceptors (Lipinski definition) is 6. The number of rotatable bonds is 6. The molecule has 3 rings (SSSR count). The van der Waals surface area contributed by atoms with Crippen molar-refractivity contribution in [2.75, 3.05) is 25.0 Å². The zero-order chi connectivity index (χ0) is 21.6. The summed E-state index contributed by atoms with van der Waals surface area (Å²) < 4.78 is 32.3. The molecular weight excluding hydrogens is 430 g/mol. The van der Waals surface area contributed by atoms with E-state index in [2.05, 4.69) is 10.3 Å². The van der Waals surface area contributed by atoms with E-state index in [0.29, 0.717) is 13.1 Å². The molecule has 30 heavy (non-hydrogen) atoms. The van der Waals surface area contributed by atoms with Gasteiger partial charge in [0.25, 0.3) is 5.91 Å². The molecule has 0 atom stereocenters. The summed E-state index contributed by atoms with van der Waals surface area (Å²) in [6.45, 7) is 0.376. The molecule has 160 valence electrons. The topological polar surface area (TPSA) is 106 Å². The van der Waals surface area contributed by atoms with Crippen LogP contribution in [0.15, 0.2) is 47.5 Å². The van der Waals surface area contributed by atoms with Gasteiger partial charge in [0, 0.05) is 19.3 Å². The van der Waals surface area contributed by atoms with Gasteiger partial charge in [-0.3, -0.25) is 4.79 Å². The van der Waals surface area contributed by atoms with Gasteiger partial charge in [0.2, 0.25) is 10.0 Å². The third kappa shape index (κ3) is 5.56. The van der Waals surface area contributed by atoms with Gasteiger partial charge in [-0.15, -0.1) is 0 Å². The van der Waals surface area contributed by atoms with Crippen molar-refractivity contribution in [1.29, 1.82) is 0 Å². The summed E-state index contributed by atoms with van der Waals surface area (Å²) in [5.41, 5.74) is 0.209. The van der Waals surface area contributed by atoms with Crippen LogP contribution in [0.3, 0.4) is 0 Å². The fourth-order valence-corrected chi connectivity index (χ4v) is 4.78. The molecule has 0 bridgehead atoms. The fourth-order valence-electron chi connectivity index (χ4n) is 3.07. The minimum atomic E-state index is -3.69. The van der Waals surface area contributed by atoms with Crippen molar-refractivity contribution in [1.82, 2.24) is 9.29 Å². The SMILES string of the molecule is O=C(COC(=O)c1ccccn1)Nc1cc(S(=O)(=O)N2CCCCCC2)ccc1Cl. The van der Waals surface area contributed by atoms with Crippen LogP contribution >= 0.6 is 11.6 Å². The molecule has 1 fully saturated rings. The first kappa shape index (κ1) is 22.2. The lowest BCUT2D eigenvalue weighted by Gasteiger charge is -2.20. The maximum atomic E-state index is 13.0. The third-order valence-corrected chi connectivity index (χ3v) is 6.85. The molecular formula is C20H22ClN3O5S. The molecule has 0 aliphatic carbocycles. The molecule has 1 aliphatic rings. The summed E-state index contributed by atoms with van der Waals surface area (Å²) in [6.07, 6.45) is 5.08. The summed E-state index contributed by atoms with van der Waals surface area (Å²) in [4.78, 5) is 28.0. The number of benzene rings is 1. The minimum Gasteiger partial charge on any atom is -0.451 e. The van der Waals surface area contributed by atoms with Crippen molar-refractivity contribution in [2.24, 2.45) is 0 Å². The van der Waals surface area contributed by atoms with Gasteiger partial charge in [-0.2, -0.15) is 4.31 Å². The van der Waals surface area contributed by atoms with Crippen LogP contribution in [0.25, 0.3) is 0 Å². The highest BCUT2D eigenvalue weighted by Crippen LogP contribution is 2.28. The van der Waals surface area contributed by atoms with E-state index in [0.717, 1.165) is 25.7 Å². The summed E-state index contributed by atoms with van der Waals surface area (Å²) >= 11 is 6.12. The largest absolute Gasteiger partial charge is 0.451 e. The molecule has 1 saturated heterocycles. The third-order valence-electron chi connectivity index (χ3n) is 4.62. The van der Waals surface area contributed by atoms with Crippen LogP contribution in [-0.4, -0.2) is 49.3 Å². The number of nitrogens with one attached hydrogen (secondary N) is 1. The number of aromatic nitrogens is 1. The number of halogens is 1. The van der Waals surface area contributed by atoms with Crippen LogP contribution in [0, 0.1) is 0 Å². The molecule has 8 nitrogen and oxygen atoms in total. The zero-order valence-corrected chi connectivity index (χ0v) is 17.8. The van der Waals surface area contributed by atoms with Gasteiger partial charge < -0.3 is 10.1 Å². The second kappa shape index (κ2) is 10.0. The van der Waals surface area contributed by atoms with Gasteiger partial charge in [0.1, 0.15) is 5.69 Å². The van der Waals surface area contributed by atoms with E-state index in [1.54, 1.807) is 12.1 Å². The van der Waals surface area contributed by atoms with Gasteiger partial charge in [0.15, 0.2) is 6.61 Å². The second-order valence-electron chi connectivity index (χ2n) is 6.80. The van der Waals surface area contributed by atoms with Gasteiger partial charge in [-0.25, -0.2) is 18.2 Å². The van der Waals surface area contributed by atoms with E-state index in [9.17, 15) is 18.0 Å². The molecule has 0 spiro atoms. The molecule has 10 heteroatoms. The Kier molecular flexibility index (Phi) is 7.41. The number of ether oxygens (including phenoxy) is 1. The predicted molar refractivity (Wildman–Crippen MR) is 112 cm³/mol. The molecule has 0 saturated carbocycles. The van der Waals surface area contributed by atoms with Crippen molar-refractivity contribution in [3.63, 3.8) is 0 Å². The number of pyridine rings is 1. The van der Waals surface area contributed by atoms with Gasteiger partial charge in [-0.1, -0.05) is 30.5 Å². The molecule has 2 aromatic rings. The Bertz CT molecular complexity index is 1010. The first-order valence-electron chi connectivity index (χ1n) is 9.55. The number of sulfonamides is 1. The van der Waals surface area contributed by atoms with E-state index >= 15 is 0 Å². The lowest BCUT2D eigenvalue weighted by Crippen LogP contribution is -2.32. The number of carbonyl (C=O) groups excluding carboxylic acids is 2. The lowest BCUT2D eigenvalue weighted by molar-refractivity contribution is -0.119. The van der Waals surface area contributed by atoms with E-state index in [1.807, 2.05) is 0 Å². The van der Waals surface area contributed by atoms with Crippen molar-refractivity contribution in [2.45, 2.75) is 30.6 Å². The smallest absolute Gasteiger partial charge is 0.357 e. The van der Waals surface area contributed by atoms with Crippen LogP contribution in [-0.2, 0) is 19.6 Å². The number of hydrogen-bond donors (Lipinski definition) is 1. The minimum absolute atomic E-state index is 0.0505. The van der Waals surface area contributed by atoms with Gasteiger partial charge in [0.05, 0.1) is 15.6 Å². The Labute approximate surface area is 180 Å². The number of nitrogens with zero attached hydrogens (tertiary/aromatic N) is 2. The molecule has 0 unspecified atom stereocenters. The lowest BCUT2D eigenvalue weighted by atomic mass is 10.2. The molecule has 1 N–H and O–H groups in total. The molecule has 2 heterocycles. The maximum absolute atomic E-state index is 13.0. The highest BCUT2D eigenvalue weighted by Gasteiger charge is 2.26. The second-order valence-corrected chi connectivity index (χ2v) is 9.14. The summed E-state index contributed by atoms with van der Waals surface area (Å²) in [5, 5.41) is 2.67. The number of anilines is 1. The van der Waals surface area contributed by atoms with E-state index in [4.69, 9.17) is 16.3 Å². The molecule has 0 radical (unpaired) electrons. The molecule has 1 aliphatic heterocycles. The average molecular weight is 452 g/mol. The Hall–Kier alpha value is -2.49. The van der Waals surface area contributed by atoms with Crippen molar-refractivity contribution >= 4 is 39.2 Å². The summed E-state index contributed by atoms with van der Waals surface area (Å²) in [5.74, 6) is -1.39. The monoisotopic (exact) mass is 451 g/mol. The van der Waals surface area contributed by atoms with E-state index < -0.39 is 28.5 Å². The van der Waals surface area contributed by atoms with E-state index in [1.165, 1.54) is 34.8 Å². The number of esters is 1. The quantitative estimate of drug-likeness (QED) is 0.676. The Morgan fingerprint density at radius 3 is 2.50 bits per heavy atom. The molecule has 1 aromatic heterocycles. The van der Waals surface area contributed by atoms with Crippen molar-refractivity contribution < 1.29 is 22.7 Å². The van der Waals surface area contributed by atoms with Crippen LogP contribution in [0.2, 0.25) is 5.02 Å². The van der Waals surface area contributed by atoms with Gasteiger partial charge in [-0.05, 0) is 43.2 Å². The first-order chi connectivity index (χ1) is 14.4. The fraction of sp³-hybridized carbons (Fsp3) is 0.350. The summed E-state index contributed by atoms with van der Waals surface area (Å²) in [6, 6.07) is 8.90. The molecule has 1 amide bonds. The normalized spacial score (nSPS) is 15.2. The Balaban J connectivity index is 1.67. The average Bonchev–Trinajstić information content (AvgIpc) is 3.04. The van der Waals surface area contributed by atoms with Crippen LogP contribution < -0.4 is 5.32 Å².